The molecule has 0 aliphatic rings. The lowest BCUT2D eigenvalue weighted by Crippen LogP contribution is -2.19. The van der Waals surface area contributed by atoms with Crippen molar-refractivity contribution in [3.63, 3.8) is 0 Å². The van der Waals surface area contributed by atoms with Crippen LogP contribution in [-0.2, 0) is 4.74 Å². The second-order valence-electron chi connectivity index (χ2n) is 3.30. The van der Waals surface area contributed by atoms with Crippen LogP contribution < -0.4 is 5.56 Å². The maximum atomic E-state index is 11.6. The maximum Gasteiger partial charge on any atom is 0.343 e. The Balaban J connectivity index is 2.60. The predicted octanol–water partition coefficient (Wildman–Crippen LogP) is 1.86. The van der Waals surface area contributed by atoms with E-state index in [9.17, 15) is 9.59 Å². The molecule has 0 unspecified atom stereocenters. The van der Waals surface area contributed by atoms with Gasteiger partial charge in [-0.1, -0.05) is 0 Å². The van der Waals surface area contributed by atoms with Gasteiger partial charge in [0.15, 0.2) is 0 Å². The molecular formula is C11H9BrN2O3. The first-order chi connectivity index (χ1) is 8.11. The van der Waals surface area contributed by atoms with Gasteiger partial charge < -0.3 is 9.72 Å². The summed E-state index contributed by atoms with van der Waals surface area (Å²) in [5.41, 5.74) is -0.0811. The Morgan fingerprint density at radius 1 is 1.53 bits per heavy atom. The van der Waals surface area contributed by atoms with Crippen LogP contribution >= 0.6 is 15.9 Å². The molecule has 17 heavy (non-hydrogen) atoms. The number of rotatable bonds is 2. The second kappa shape index (κ2) is 4.67. The number of H-pyrrole nitrogens is 1. The van der Waals surface area contributed by atoms with Gasteiger partial charge in [-0.05, 0) is 41.1 Å². The lowest BCUT2D eigenvalue weighted by molar-refractivity contribution is 0.0524. The Morgan fingerprint density at radius 2 is 2.29 bits per heavy atom. The van der Waals surface area contributed by atoms with Gasteiger partial charge in [-0.25, -0.2) is 9.78 Å². The third kappa shape index (κ3) is 2.36. The Hall–Kier alpha value is -1.69. The van der Waals surface area contributed by atoms with E-state index in [0.29, 0.717) is 15.6 Å². The highest BCUT2D eigenvalue weighted by atomic mass is 79.9. The number of nitrogens with zero attached hydrogens (tertiary/aromatic N) is 1. The lowest BCUT2D eigenvalue weighted by Gasteiger charge is -2.02. The fourth-order valence-electron chi connectivity index (χ4n) is 1.42. The van der Waals surface area contributed by atoms with Crippen LogP contribution in [0, 0.1) is 0 Å². The van der Waals surface area contributed by atoms with E-state index in [2.05, 4.69) is 25.9 Å². The van der Waals surface area contributed by atoms with Crippen molar-refractivity contribution in [2.24, 2.45) is 0 Å². The summed E-state index contributed by atoms with van der Waals surface area (Å²) in [6.45, 7) is 1.92. The van der Waals surface area contributed by atoms with E-state index in [1.807, 2.05) is 0 Å². The molecule has 0 saturated heterocycles. The number of carbonyl (C=O) groups is 1. The second-order valence-corrected chi connectivity index (χ2v) is 4.12. The van der Waals surface area contributed by atoms with Gasteiger partial charge in [-0.3, -0.25) is 4.79 Å². The highest BCUT2D eigenvalue weighted by Crippen LogP contribution is 2.13. The fourth-order valence-corrected chi connectivity index (χ4v) is 1.73. The number of halogens is 1. The molecule has 0 aromatic carbocycles. The standard InChI is InChI=1S/C11H9BrN2O3/c1-2-17-11(16)7-5-6-3-4-8(12)13-9(6)14-10(7)15/h3-5H,2H2,1H3,(H,13,14,15). The zero-order valence-electron chi connectivity index (χ0n) is 8.99. The van der Waals surface area contributed by atoms with Gasteiger partial charge in [0, 0.05) is 5.39 Å². The van der Waals surface area contributed by atoms with Gasteiger partial charge in [0.2, 0.25) is 0 Å². The fraction of sp³-hybridized carbons (Fsp3) is 0.182. The van der Waals surface area contributed by atoms with E-state index in [1.54, 1.807) is 19.1 Å². The molecular weight excluding hydrogens is 288 g/mol. The Labute approximate surface area is 105 Å². The molecule has 2 aromatic rings. The van der Waals surface area contributed by atoms with Crippen LogP contribution in [0.1, 0.15) is 17.3 Å². The molecule has 6 heteroatoms. The highest BCUT2D eigenvalue weighted by molar-refractivity contribution is 9.10. The van der Waals surface area contributed by atoms with Crippen LogP contribution in [0.4, 0.5) is 0 Å². The number of hydrogen-bond acceptors (Lipinski definition) is 4. The van der Waals surface area contributed by atoms with Crippen molar-refractivity contribution in [1.82, 2.24) is 9.97 Å². The molecule has 0 bridgehead atoms. The topological polar surface area (TPSA) is 72.0 Å². The van der Waals surface area contributed by atoms with Crippen LogP contribution in [0.2, 0.25) is 0 Å². The molecule has 1 N–H and O–H groups in total. The molecule has 0 amide bonds. The van der Waals surface area contributed by atoms with E-state index in [1.165, 1.54) is 6.07 Å². The van der Waals surface area contributed by atoms with Crippen molar-refractivity contribution in [1.29, 1.82) is 0 Å². The molecule has 0 spiro atoms. The van der Waals surface area contributed by atoms with Gasteiger partial charge in [0.1, 0.15) is 15.8 Å². The molecule has 2 aromatic heterocycles. The number of esters is 1. The minimum absolute atomic E-state index is 0.0107. The van der Waals surface area contributed by atoms with Crippen LogP contribution in [0.3, 0.4) is 0 Å². The first kappa shape index (κ1) is 11.8. The van der Waals surface area contributed by atoms with E-state index in [4.69, 9.17) is 4.74 Å². The SMILES string of the molecule is CCOC(=O)c1cc2ccc(Br)nc2[nH]c1=O. The van der Waals surface area contributed by atoms with Crippen LogP contribution in [0.5, 0.6) is 0 Å². The molecule has 0 radical (unpaired) electrons. The van der Waals surface area contributed by atoms with Crippen molar-refractivity contribution in [3.05, 3.63) is 38.7 Å². The third-order valence-electron chi connectivity index (χ3n) is 2.16. The molecule has 2 heterocycles. The first-order valence-corrected chi connectivity index (χ1v) is 5.78. The summed E-state index contributed by atoms with van der Waals surface area (Å²) in [6, 6.07) is 4.96. The molecule has 0 fully saturated rings. The molecule has 5 nitrogen and oxygen atoms in total. The summed E-state index contributed by atoms with van der Waals surface area (Å²) in [5.74, 6) is -0.626. The summed E-state index contributed by atoms with van der Waals surface area (Å²) < 4.78 is 5.41. The van der Waals surface area contributed by atoms with Gasteiger partial charge in [-0.15, -0.1) is 0 Å². The molecule has 0 atom stereocenters. The average molecular weight is 297 g/mol. The van der Waals surface area contributed by atoms with Crippen molar-refractivity contribution in [2.75, 3.05) is 6.61 Å². The molecule has 88 valence electrons. The average Bonchev–Trinajstić information content (AvgIpc) is 2.28. The smallest absolute Gasteiger partial charge is 0.343 e. The Bertz CT molecular complexity index is 636. The first-order valence-electron chi connectivity index (χ1n) is 4.98. The van der Waals surface area contributed by atoms with Crippen molar-refractivity contribution < 1.29 is 9.53 Å². The zero-order valence-corrected chi connectivity index (χ0v) is 10.6. The van der Waals surface area contributed by atoms with Gasteiger partial charge in [-0.2, -0.15) is 0 Å². The van der Waals surface area contributed by atoms with Gasteiger partial charge in [0.25, 0.3) is 5.56 Å². The van der Waals surface area contributed by atoms with Crippen LogP contribution in [0.15, 0.2) is 27.6 Å². The highest BCUT2D eigenvalue weighted by Gasteiger charge is 2.13. The van der Waals surface area contributed by atoms with Crippen LogP contribution in [-0.4, -0.2) is 22.5 Å². The predicted molar refractivity (Wildman–Crippen MR) is 66.0 cm³/mol. The normalized spacial score (nSPS) is 10.5. The number of ether oxygens (including phenoxy) is 1. The summed E-state index contributed by atoms with van der Waals surface area (Å²) in [5, 5.41) is 0.677. The number of carbonyl (C=O) groups excluding carboxylic acids is 1. The summed E-state index contributed by atoms with van der Waals surface area (Å²) in [7, 11) is 0. The quantitative estimate of drug-likeness (QED) is 0.678. The van der Waals surface area contributed by atoms with E-state index in [-0.39, 0.29) is 12.2 Å². The van der Waals surface area contributed by atoms with E-state index >= 15 is 0 Å². The molecule has 2 rings (SSSR count). The maximum absolute atomic E-state index is 11.6. The minimum Gasteiger partial charge on any atom is -0.462 e. The molecule has 0 aliphatic carbocycles. The Morgan fingerprint density at radius 3 is 3.00 bits per heavy atom. The minimum atomic E-state index is -0.626. The van der Waals surface area contributed by atoms with E-state index < -0.39 is 11.5 Å². The number of pyridine rings is 2. The number of nitrogens with one attached hydrogen (secondary N) is 1. The summed E-state index contributed by atoms with van der Waals surface area (Å²) in [6.07, 6.45) is 0. The molecule has 0 aliphatic heterocycles. The van der Waals surface area contributed by atoms with Crippen LogP contribution in [0.25, 0.3) is 11.0 Å². The van der Waals surface area contributed by atoms with E-state index in [0.717, 1.165) is 0 Å². The number of aromatic amines is 1. The summed E-state index contributed by atoms with van der Waals surface area (Å²) >= 11 is 3.20. The monoisotopic (exact) mass is 296 g/mol. The Kier molecular flexibility index (Phi) is 3.23. The number of fused-ring (bicyclic) bond motifs is 1. The number of aromatic nitrogens is 2. The zero-order chi connectivity index (χ0) is 12.4. The van der Waals surface area contributed by atoms with Crippen molar-refractivity contribution in [2.45, 2.75) is 6.92 Å². The summed E-state index contributed by atoms with van der Waals surface area (Å²) in [4.78, 5) is 29.8. The number of hydrogen-bond donors (Lipinski definition) is 1. The van der Waals surface area contributed by atoms with Gasteiger partial charge in [0.05, 0.1) is 6.61 Å². The van der Waals surface area contributed by atoms with Gasteiger partial charge >= 0.3 is 5.97 Å². The molecule has 0 saturated carbocycles. The lowest BCUT2D eigenvalue weighted by atomic mass is 10.2. The van der Waals surface area contributed by atoms with Crippen molar-refractivity contribution in [3.8, 4) is 0 Å². The third-order valence-corrected chi connectivity index (χ3v) is 2.61. The largest absolute Gasteiger partial charge is 0.462 e. The van der Waals surface area contributed by atoms with Crippen molar-refractivity contribution >= 4 is 32.9 Å².